The van der Waals surface area contributed by atoms with Crippen molar-refractivity contribution in [2.45, 2.75) is 6.42 Å². The zero-order chi connectivity index (χ0) is 13.4. The van der Waals surface area contributed by atoms with E-state index in [0.717, 1.165) is 0 Å². The topological polar surface area (TPSA) is 66.4 Å². The highest BCUT2D eigenvalue weighted by molar-refractivity contribution is 9.10. The number of benzene rings is 1. The number of nitrogens with one attached hydrogen (secondary N) is 1. The Balaban J connectivity index is 2.41. The zero-order valence-electron chi connectivity index (χ0n) is 9.69. The van der Waals surface area contributed by atoms with E-state index in [9.17, 15) is 9.59 Å². The van der Waals surface area contributed by atoms with Crippen molar-refractivity contribution < 1.29 is 14.7 Å². The normalized spacial score (nSPS) is 10.1. The third kappa shape index (κ3) is 5.20. The molecule has 0 atom stereocenters. The molecule has 0 radical (unpaired) electrons. The Morgan fingerprint density at radius 1 is 1.33 bits per heavy atom. The van der Waals surface area contributed by atoms with E-state index in [1.807, 2.05) is 0 Å². The minimum atomic E-state index is -0.407. The summed E-state index contributed by atoms with van der Waals surface area (Å²) in [5.41, 5.74) is 0.436. The fourth-order valence-corrected chi connectivity index (χ4v) is 2.41. The van der Waals surface area contributed by atoms with Gasteiger partial charge in [0.1, 0.15) is 0 Å². The summed E-state index contributed by atoms with van der Waals surface area (Å²) in [6, 6.07) is 6.93. The number of carbonyl (C=O) groups excluding carboxylic acids is 2. The van der Waals surface area contributed by atoms with Gasteiger partial charge in [0.25, 0.3) is 5.91 Å². The molecule has 18 heavy (non-hydrogen) atoms. The van der Waals surface area contributed by atoms with Crippen LogP contribution in [0, 0.1) is 0 Å². The maximum absolute atomic E-state index is 11.8. The largest absolute Gasteiger partial charge is 0.396 e. The first-order valence-corrected chi connectivity index (χ1v) is 7.37. The number of thioether (sulfide) groups is 1. The summed E-state index contributed by atoms with van der Waals surface area (Å²) in [6.07, 6.45) is 0.649. The van der Waals surface area contributed by atoms with E-state index in [1.165, 1.54) is 11.8 Å². The zero-order valence-corrected chi connectivity index (χ0v) is 12.1. The van der Waals surface area contributed by atoms with Gasteiger partial charge in [0.05, 0.1) is 11.3 Å². The van der Waals surface area contributed by atoms with Gasteiger partial charge in [-0.05, 0) is 40.2 Å². The van der Waals surface area contributed by atoms with Crippen LogP contribution in [0.4, 0.5) is 0 Å². The van der Waals surface area contributed by atoms with Crippen molar-refractivity contribution in [3.63, 3.8) is 0 Å². The lowest BCUT2D eigenvalue weighted by atomic mass is 10.2. The molecule has 0 aromatic heterocycles. The Morgan fingerprint density at radius 3 is 2.72 bits per heavy atom. The fourth-order valence-electron chi connectivity index (χ4n) is 1.21. The number of halogens is 1. The van der Waals surface area contributed by atoms with Crippen LogP contribution < -0.4 is 5.32 Å². The van der Waals surface area contributed by atoms with Crippen molar-refractivity contribution in [3.8, 4) is 0 Å². The smallest absolute Gasteiger partial charge is 0.259 e. The molecule has 0 heterocycles. The standard InChI is InChI=1S/C12H14BrNO3S/c13-10-5-2-1-4-9(10)12(17)14-11(16)8-18-7-3-6-15/h1-2,4-5,15H,3,6-8H2,(H,14,16,17). The molecule has 2 amide bonds. The van der Waals surface area contributed by atoms with E-state index in [2.05, 4.69) is 21.2 Å². The molecule has 1 aromatic rings. The Bertz CT molecular complexity index is 426. The van der Waals surface area contributed by atoms with Crippen molar-refractivity contribution in [2.24, 2.45) is 0 Å². The van der Waals surface area contributed by atoms with Crippen LogP contribution in [-0.4, -0.2) is 35.0 Å². The lowest BCUT2D eigenvalue weighted by Gasteiger charge is -2.05. The van der Waals surface area contributed by atoms with Crippen LogP contribution in [0.3, 0.4) is 0 Å². The van der Waals surface area contributed by atoms with E-state index >= 15 is 0 Å². The number of amides is 2. The first kappa shape index (κ1) is 15.2. The lowest BCUT2D eigenvalue weighted by molar-refractivity contribution is -0.117. The van der Waals surface area contributed by atoms with Crippen LogP contribution >= 0.6 is 27.7 Å². The van der Waals surface area contributed by atoms with Crippen LogP contribution in [-0.2, 0) is 4.79 Å². The van der Waals surface area contributed by atoms with Gasteiger partial charge in [-0.25, -0.2) is 0 Å². The van der Waals surface area contributed by atoms with E-state index in [-0.39, 0.29) is 18.3 Å². The van der Waals surface area contributed by atoms with E-state index in [0.29, 0.717) is 22.2 Å². The molecular weight excluding hydrogens is 318 g/mol. The quantitative estimate of drug-likeness (QED) is 0.780. The van der Waals surface area contributed by atoms with Crippen LogP contribution in [0.2, 0.25) is 0 Å². The minimum Gasteiger partial charge on any atom is -0.396 e. The molecule has 0 bridgehead atoms. The Kier molecular flexibility index (Phi) is 7.00. The van der Waals surface area contributed by atoms with E-state index < -0.39 is 5.91 Å². The average molecular weight is 332 g/mol. The number of carbonyl (C=O) groups is 2. The second-order valence-electron chi connectivity index (χ2n) is 3.49. The molecule has 0 aliphatic carbocycles. The van der Waals surface area contributed by atoms with Crippen LogP contribution in [0.25, 0.3) is 0 Å². The number of hydrogen-bond acceptors (Lipinski definition) is 4. The third-order valence-electron chi connectivity index (χ3n) is 2.05. The van der Waals surface area contributed by atoms with Gasteiger partial charge in [-0.15, -0.1) is 0 Å². The van der Waals surface area contributed by atoms with Gasteiger partial charge in [-0.2, -0.15) is 11.8 Å². The molecule has 0 aliphatic rings. The maximum atomic E-state index is 11.8. The number of rotatable bonds is 6. The summed E-state index contributed by atoms with van der Waals surface area (Å²) < 4.78 is 0.656. The summed E-state index contributed by atoms with van der Waals surface area (Å²) in [4.78, 5) is 23.2. The number of hydrogen-bond donors (Lipinski definition) is 2. The molecule has 1 aromatic carbocycles. The molecule has 0 spiro atoms. The highest BCUT2D eigenvalue weighted by atomic mass is 79.9. The second kappa shape index (κ2) is 8.29. The van der Waals surface area contributed by atoms with Gasteiger partial charge in [0.15, 0.2) is 0 Å². The summed E-state index contributed by atoms with van der Waals surface area (Å²) in [5.74, 6) is 0.192. The van der Waals surface area contributed by atoms with Gasteiger partial charge in [-0.1, -0.05) is 12.1 Å². The van der Waals surface area contributed by atoms with Crippen LogP contribution in [0.1, 0.15) is 16.8 Å². The van der Waals surface area contributed by atoms with Crippen LogP contribution in [0.5, 0.6) is 0 Å². The number of imide groups is 1. The minimum absolute atomic E-state index is 0.116. The molecule has 0 unspecified atom stereocenters. The van der Waals surface area contributed by atoms with Gasteiger partial charge >= 0.3 is 0 Å². The predicted octanol–water partition coefficient (Wildman–Crippen LogP) is 1.82. The highest BCUT2D eigenvalue weighted by Gasteiger charge is 2.12. The van der Waals surface area contributed by atoms with Crippen molar-refractivity contribution >= 4 is 39.5 Å². The molecule has 0 fully saturated rings. The molecule has 98 valence electrons. The van der Waals surface area contributed by atoms with E-state index in [1.54, 1.807) is 24.3 Å². The third-order valence-corrected chi connectivity index (χ3v) is 3.79. The van der Waals surface area contributed by atoms with Crippen molar-refractivity contribution in [1.29, 1.82) is 0 Å². The Hall–Kier alpha value is -0.850. The molecule has 0 saturated carbocycles. The summed E-state index contributed by atoms with van der Waals surface area (Å²) in [5, 5.41) is 10.9. The molecule has 1 rings (SSSR count). The number of aliphatic hydroxyl groups is 1. The van der Waals surface area contributed by atoms with Crippen LogP contribution in [0.15, 0.2) is 28.7 Å². The van der Waals surface area contributed by atoms with Crippen molar-refractivity contribution in [3.05, 3.63) is 34.3 Å². The Morgan fingerprint density at radius 2 is 2.06 bits per heavy atom. The average Bonchev–Trinajstić information content (AvgIpc) is 2.35. The number of aliphatic hydroxyl groups excluding tert-OH is 1. The molecule has 2 N–H and O–H groups in total. The molecule has 6 heteroatoms. The molecule has 0 saturated heterocycles. The van der Waals surface area contributed by atoms with Gasteiger partial charge in [0.2, 0.25) is 5.91 Å². The van der Waals surface area contributed by atoms with Gasteiger partial charge < -0.3 is 5.11 Å². The first-order valence-electron chi connectivity index (χ1n) is 5.42. The highest BCUT2D eigenvalue weighted by Crippen LogP contribution is 2.15. The Labute approximate surface area is 118 Å². The fraction of sp³-hybridized carbons (Fsp3) is 0.333. The second-order valence-corrected chi connectivity index (χ2v) is 5.45. The molecule has 4 nitrogen and oxygen atoms in total. The SMILES string of the molecule is O=C(CSCCCO)NC(=O)c1ccccc1Br. The van der Waals surface area contributed by atoms with E-state index in [4.69, 9.17) is 5.11 Å². The van der Waals surface area contributed by atoms with Gasteiger partial charge in [0, 0.05) is 11.1 Å². The van der Waals surface area contributed by atoms with Crippen molar-refractivity contribution in [1.82, 2.24) is 5.32 Å². The molecule has 0 aliphatic heterocycles. The predicted molar refractivity (Wildman–Crippen MR) is 75.6 cm³/mol. The monoisotopic (exact) mass is 331 g/mol. The summed E-state index contributed by atoms with van der Waals surface area (Å²) in [6.45, 7) is 0.116. The van der Waals surface area contributed by atoms with Gasteiger partial charge in [-0.3, -0.25) is 14.9 Å². The maximum Gasteiger partial charge on any atom is 0.259 e. The summed E-state index contributed by atoms with van der Waals surface area (Å²) in [7, 11) is 0. The first-order chi connectivity index (χ1) is 8.65. The summed E-state index contributed by atoms with van der Waals surface area (Å²) >= 11 is 4.65. The van der Waals surface area contributed by atoms with Crippen molar-refractivity contribution in [2.75, 3.05) is 18.1 Å². The lowest BCUT2D eigenvalue weighted by Crippen LogP contribution is -2.32. The molecular formula is C12H14BrNO3S.